The molecular formula is C18H15AsS. The van der Waals surface area contributed by atoms with E-state index in [-0.39, 0.29) is 0 Å². The average molecular weight is 338 g/mol. The van der Waals surface area contributed by atoms with Crippen LogP contribution in [0.25, 0.3) is 0 Å². The Morgan fingerprint density at radius 1 is 0.450 bits per heavy atom. The third-order valence-corrected chi connectivity index (χ3v) is 13.1. The number of hydrogen-bond acceptors (Lipinski definition) is 1. The Labute approximate surface area is 126 Å². The summed E-state index contributed by atoms with van der Waals surface area (Å²) in [6, 6.07) is 31.8. The van der Waals surface area contributed by atoms with E-state index in [1.807, 2.05) is 0 Å². The molecule has 0 heterocycles. The van der Waals surface area contributed by atoms with E-state index in [0.29, 0.717) is 0 Å². The molecule has 0 nitrogen and oxygen atoms in total. The molecule has 0 aliphatic carbocycles. The van der Waals surface area contributed by atoms with Crippen LogP contribution in [-0.2, 0) is 0 Å². The van der Waals surface area contributed by atoms with E-state index in [9.17, 15) is 0 Å². The van der Waals surface area contributed by atoms with Crippen LogP contribution in [0.1, 0.15) is 0 Å². The number of benzene rings is 3. The van der Waals surface area contributed by atoms with Gasteiger partial charge in [-0.15, -0.1) is 0 Å². The standard InChI is InChI=1S/C18H15AsS/c20-19(16-10-4-1-5-11-16,17-12-6-2-7-13-17)18-14-8-3-9-15-18/h1-15H. The van der Waals surface area contributed by atoms with E-state index in [1.165, 1.54) is 13.1 Å². The Kier molecular flexibility index (Phi) is 3.91. The van der Waals surface area contributed by atoms with Gasteiger partial charge < -0.3 is 0 Å². The number of rotatable bonds is 3. The second-order valence-corrected chi connectivity index (χ2v) is 13.3. The Morgan fingerprint density at radius 3 is 0.950 bits per heavy atom. The van der Waals surface area contributed by atoms with Gasteiger partial charge in [0.2, 0.25) is 0 Å². The molecule has 0 aromatic heterocycles. The van der Waals surface area contributed by atoms with E-state index in [2.05, 4.69) is 91.0 Å². The zero-order chi connectivity index (χ0) is 13.8. The molecule has 3 aromatic rings. The van der Waals surface area contributed by atoms with Gasteiger partial charge in [0.15, 0.2) is 0 Å². The maximum absolute atomic E-state index is 6.27. The van der Waals surface area contributed by atoms with Gasteiger partial charge in [-0.25, -0.2) is 0 Å². The third kappa shape index (κ3) is 2.40. The SMILES string of the molecule is S=[As](c1ccccc1)(c1ccccc1)c1ccccc1. The van der Waals surface area contributed by atoms with Crippen molar-refractivity contribution < 1.29 is 0 Å². The van der Waals surface area contributed by atoms with E-state index in [1.54, 1.807) is 0 Å². The first-order valence-corrected chi connectivity index (χ1v) is 12.1. The van der Waals surface area contributed by atoms with Crippen molar-refractivity contribution in [1.29, 1.82) is 0 Å². The van der Waals surface area contributed by atoms with E-state index >= 15 is 0 Å². The summed E-state index contributed by atoms with van der Waals surface area (Å²) in [6.07, 6.45) is 0. The van der Waals surface area contributed by atoms with Crippen molar-refractivity contribution in [1.82, 2.24) is 0 Å². The first-order valence-electron chi connectivity index (χ1n) is 6.59. The summed E-state index contributed by atoms with van der Waals surface area (Å²) in [4.78, 5) is 0. The van der Waals surface area contributed by atoms with Crippen LogP contribution in [0.3, 0.4) is 0 Å². The molecule has 0 fully saturated rings. The fourth-order valence-corrected chi connectivity index (χ4v) is 9.86. The molecule has 0 bridgehead atoms. The van der Waals surface area contributed by atoms with Crippen LogP contribution >= 0.6 is 10.4 Å². The normalized spacial score (nSPS) is 11.2. The van der Waals surface area contributed by atoms with Gasteiger partial charge in [-0.3, -0.25) is 0 Å². The molecule has 2 heteroatoms. The van der Waals surface area contributed by atoms with Crippen molar-refractivity contribution in [3.8, 4) is 0 Å². The van der Waals surface area contributed by atoms with Crippen LogP contribution in [-0.4, -0.2) is 11.9 Å². The van der Waals surface area contributed by atoms with Crippen LogP contribution in [0.2, 0.25) is 0 Å². The molecule has 3 aromatic carbocycles. The summed E-state index contributed by atoms with van der Waals surface area (Å²) < 4.78 is 3.91. The zero-order valence-corrected chi connectivity index (χ0v) is 13.7. The van der Waals surface area contributed by atoms with Crippen LogP contribution in [0.4, 0.5) is 0 Å². The van der Waals surface area contributed by atoms with E-state index in [0.717, 1.165) is 0 Å². The predicted molar refractivity (Wildman–Crippen MR) is 91.6 cm³/mol. The molecule has 0 saturated carbocycles. The van der Waals surface area contributed by atoms with Crippen LogP contribution in [0.5, 0.6) is 0 Å². The number of hydrogen-bond donors (Lipinski definition) is 0. The van der Waals surface area contributed by atoms with Gasteiger partial charge in [-0.05, 0) is 0 Å². The predicted octanol–water partition coefficient (Wildman–Crippen LogP) is 2.85. The molecule has 0 spiro atoms. The molecule has 98 valence electrons. The Hall–Kier alpha value is -1.56. The topological polar surface area (TPSA) is 0 Å². The van der Waals surface area contributed by atoms with Crippen molar-refractivity contribution in [2.75, 3.05) is 0 Å². The van der Waals surface area contributed by atoms with Crippen molar-refractivity contribution in [2.45, 2.75) is 0 Å². The summed E-state index contributed by atoms with van der Waals surface area (Å²) in [6.45, 7) is 0. The molecule has 0 radical (unpaired) electrons. The van der Waals surface area contributed by atoms with Crippen LogP contribution in [0.15, 0.2) is 91.0 Å². The van der Waals surface area contributed by atoms with Gasteiger partial charge in [0.25, 0.3) is 0 Å². The van der Waals surface area contributed by atoms with E-state index in [4.69, 9.17) is 10.4 Å². The quantitative estimate of drug-likeness (QED) is 0.662. The molecule has 0 aliphatic heterocycles. The van der Waals surface area contributed by atoms with Crippen molar-refractivity contribution in [3.05, 3.63) is 91.0 Å². The van der Waals surface area contributed by atoms with Crippen molar-refractivity contribution >= 4 is 35.3 Å². The summed E-state index contributed by atoms with van der Waals surface area (Å²) in [5, 5.41) is 0. The van der Waals surface area contributed by atoms with Gasteiger partial charge in [0.05, 0.1) is 0 Å². The molecule has 0 atom stereocenters. The molecular weight excluding hydrogens is 323 g/mol. The molecule has 20 heavy (non-hydrogen) atoms. The second-order valence-electron chi connectivity index (χ2n) is 4.62. The summed E-state index contributed by atoms with van der Waals surface area (Å²) in [7, 11) is 6.27. The minimum absolute atomic E-state index is 1.30. The molecule has 0 saturated heterocycles. The van der Waals surface area contributed by atoms with Gasteiger partial charge in [-0.1, -0.05) is 0 Å². The van der Waals surface area contributed by atoms with Gasteiger partial charge in [-0.2, -0.15) is 0 Å². The van der Waals surface area contributed by atoms with Crippen LogP contribution < -0.4 is 13.1 Å². The van der Waals surface area contributed by atoms with Crippen LogP contribution in [0, 0.1) is 0 Å². The third-order valence-electron chi connectivity index (χ3n) is 3.36. The molecule has 0 unspecified atom stereocenters. The Bertz CT molecular complexity index is 618. The summed E-state index contributed by atoms with van der Waals surface area (Å²) in [5.74, 6) is 0. The monoisotopic (exact) mass is 338 g/mol. The summed E-state index contributed by atoms with van der Waals surface area (Å²) >= 11 is -2.71. The first-order chi connectivity index (χ1) is 9.82. The van der Waals surface area contributed by atoms with Crippen molar-refractivity contribution in [3.63, 3.8) is 0 Å². The molecule has 3 rings (SSSR count). The van der Waals surface area contributed by atoms with Gasteiger partial charge in [0.1, 0.15) is 0 Å². The Morgan fingerprint density at radius 2 is 0.700 bits per heavy atom. The summed E-state index contributed by atoms with van der Waals surface area (Å²) in [5.41, 5.74) is 0. The van der Waals surface area contributed by atoms with Crippen molar-refractivity contribution in [2.24, 2.45) is 0 Å². The van der Waals surface area contributed by atoms with E-state index < -0.39 is 11.9 Å². The Balaban J connectivity index is 2.27. The molecule has 0 aliphatic rings. The zero-order valence-electron chi connectivity index (χ0n) is 11.0. The fraction of sp³-hybridized carbons (Fsp3) is 0. The van der Waals surface area contributed by atoms with Gasteiger partial charge >= 0.3 is 126 Å². The average Bonchev–Trinajstić information content (AvgIpc) is 2.56. The van der Waals surface area contributed by atoms with Gasteiger partial charge in [0, 0.05) is 0 Å². The maximum atomic E-state index is 6.27. The molecule has 0 N–H and O–H groups in total. The first kappa shape index (κ1) is 13.4. The second kappa shape index (κ2) is 5.83. The minimum atomic E-state index is -2.71. The fourth-order valence-electron chi connectivity index (χ4n) is 2.36. The molecule has 0 amide bonds.